The SMILES string of the molecule is Cn1nc(-c2ccccn2)c2c1NCCSC2c1ccc(-c2cncc(C#N)c2)cc1Cl. The Morgan fingerprint density at radius 2 is 2.09 bits per heavy atom. The molecule has 1 aromatic carbocycles. The van der Waals surface area contributed by atoms with Crippen LogP contribution in [0.4, 0.5) is 5.82 Å². The lowest BCUT2D eigenvalue weighted by Gasteiger charge is -2.18. The van der Waals surface area contributed by atoms with Crippen LogP contribution >= 0.6 is 23.4 Å². The molecule has 4 heterocycles. The molecule has 5 rings (SSSR count). The molecular weight excluding hydrogens is 440 g/mol. The van der Waals surface area contributed by atoms with Gasteiger partial charge in [0.2, 0.25) is 0 Å². The monoisotopic (exact) mass is 458 g/mol. The molecule has 1 aliphatic heterocycles. The summed E-state index contributed by atoms with van der Waals surface area (Å²) >= 11 is 8.69. The summed E-state index contributed by atoms with van der Waals surface area (Å²) in [6.07, 6.45) is 5.08. The molecule has 32 heavy (non-hydrogen) atoms. The minimum absolute atomic E-state index is 0.0100. The molecule has 0 saturated carbocycles. The molecular formula is C24H19ClN6S. The number of pyridine rings is 2. The zero-order valence-corrected chi connectivity index (χ0v) is 18.9. The van der Waals surface area contributed by atoms with E-state index in [1.165, 1.54) is 0 Å². The van der Waals surface area contributed by atoms with Crippen molar-refractivity contribution in [2.24, 2.45) is 7.05 Å². The molecule has 1 unspecified atom stereocenters. The standard InChI is InChI=1S/C24H19ClN6S/c1-31-24-21(22(30-31)20-4-2-3-7-28-20)23(32-9-8-29-24)18-6-5-16(11-19(18)25)17-10-15(12-26)13-27-14-17/h2-7,10-11,13-14,23,29H,8-9H2,1H3. The number of hydrogen-bond acceptors (Lipinski definition) is 6. The Bertz CT molecular complexity index is 1330. The Labute approximate surface area is 195 Å². The van der Waals surface area contributed by atoms with Crippen LogP contribution in [0.3, 0.4) is 0 Å². The Balaban J connectivity index is 1.61. The maximum Gasteiger partial charge on any atom is 0.129 e. The lowest BCUT2D eigenvalue weighted by Crippen LogP contribution is -2.06. The highest BCUT2D eigenvalue weighted by atomic mass is 35.5. The maximum absolute atomic E-state index is 9.18. The lowest BCUT2D eigenvalue weighted by atomic mass is 9.98. The van der Waals surface area contributed by atoms with E-state index in [-0.39, 0.29) is 5.25 Å². The number of nitriles is 1. The second kappa shape index (κ2) is 8.65. The fourth-order valence-electron chi connectivity index (χ4n) is 3.94. The molecule has 1 atom stereocenters. The molecule has 3 aromatic heterocycles. The number of aryl methyl sites for hydroxylation is 1. The second-order valence-corrected chi connectivity index (χ2v) is 9.06. The largest absolute Gasteiger partial charge is 0.369 e. The third kappa shape index (κ3) is 3.72. The third-order valence-electron chi connectivity index (χ3n) is 5.42. The van der Waals surface area contributed by atoms with Gasteiger partial charge in [-0.25, -0.2) is 0 Å². The van der Waals surface area contributed by atoms with Crippen molar-refractivity contribution in [1.82, 2.24) is 19.7 Å². The van der Waals surface area contributed by atoms with E-state index >= 15 is 0 Å². The Morgan fingerprint density at radius 1 is 1.19 bits per heavy atom. The molecule has 0 saturated heterocycles. The Morgan fingerprint density at radius 3 is 2.88 bits per heavy atom. The van der Waals surface area contributed by atoms with E-state index < -0.39 is 0 Å². The first-order valence-electron chi connectivity index (χ1n) is 10.1. The van der Waals surface area contributed by atoms with E-state index in [0.717, 1.165) is 51.8 Å². The van der Waals surface area contributed by atoms with Crippen LogP contribution < -0.4 is 5.32 Å². The van der Waals surface area contributed by atoms with Crippen LogP contribution in [0.25, 0.3) is 22.5 Å². The van der Waals surface area contributed by atoms with Gasteiger partial charge in [0.25, 0.3) is 0 Å². The number of rotatable bonds is 3. The number of fused-ring (bicyclic) bond motifs is 1. The maximum atomic E-state index is 9.18. The summed E-state index contributed by atoms with van der Waals surface area (Å²) in [6, 6.07) is 15.9. The first-order valence-corrected chi connectivity index (χ1v) is 11.6. The van der Waals surface area contributed by atoms with Crippen LogP contribution in [-0.4, -0.2) is 32.0 Å². The Kier molecular flexibility index (Phi) is 5.56. The van der Waals surface area contributed by atoms with Crippen molar-refractivity contribution in [1.29, 1.82) is 5.26 Å². The fourth-order valence-corrected chi connectivity index (χ4v) is 5.53. The summed E-state index contributed by atoms with van der Waals surface area (Å²) in [5.41, 5.74) is 6.14. The molecule has 0 bridgehead atoms. The van der Waals surface area contributed by atoms with Gasteiger partial charge in [0, 0.05) is 54.1 Å². The van der Waals surface area contributed by atoms with Gasteiger partial charge >= 0.3 is 0 Å². The zero-order chi connectivity index (χ0) is 22.1. The first-order chi connectivity index (χ1) is 15.7. The average Bonchev–Trinajstić information content (AvgIpc) is 3.01. The highest BCUT2D eigenvalue weighted by molar-refractivity contribution is 7.99. The highest BCUT2D eigenvalue weighted by Crippen LogP contribution is 2.47. The van der Waals surface area contributed by atoms with E-state index in [1.54, 1.807) is 18.6 Å². The highest BCUT2D eigenvalue weighted by Gasteiger charge is 2.30. The molecule has 158 valence electrons. The van der Waals surface area contributed by atoms with Crippen molar-refractivity contribution in [3.8, 4) is 28.6 Å². The van der Waals surface area contributed by atoms with E-state index in [4.69, 9.17) is 16.7 Å². The van der Waals surface area contributed by atoms with Crippen molar-refractivity contribution in [2.45, 2.75) is 5.25 Å². The molecule has 1 N–H and O–H groups in total. The van der Waals surface area contributed by atoms with Crippen LogP contribution in [0.2, 0.25) is 5.02 Å². The molecule has 1 aliphatic rings. The van der Waals surface area contributed by atoms with Crippen LogP contribution in [0.5, 0.6) is 0 Å². The van der Waals surface area contributed by atoms with E-state index in [2.05, 4.69) is 27.4 Å². The number of benzene rings is 1. The summed E-state index contributed by atoms with van der Waals surface area (Å²) < 4.78 is 1.89. The number of hydrogen-bond donors (Lipinski definition) is 1. The van der Waals surface area contributed by atoms with Crippen molar-refractivity contribution < 1.29 is 0 Å². The van der Waals surface area contributed by atoms with Crippen molar-refractivity contribution in [2.75, 3.05) is 17.6 Å². The van der Waals surface area contributed by atoms with Crippen LogP contribution in [0, 0.1) is 11.3 Å². The summed E-state index contributed by atoms with van der Waals surface area (Å²) in [7, 11) is 1.95. The number of halogens is 1. The summed E-state index contributed by atoms with van der Waals surface area (Å²) in [5.74, 6) is 1.93. The van der Waals surface area contributed by atoms with Gasteiger partial charge in [-0.1, -0.05) is 29.8 Å². The minimum Gasteiger partial charge on any atom is -0.369 e. The topological polar surface area (TPSA) is 79.4 Å². The van der Waals surface area contributed by atoms with Gasteiger partial charge in [0.05, 0.1) is 16.5 Å². The molecule has 0 spiro atoms. The van der Waals surface area contributed by atoms with Gasteiger partial charge in [0.1, 0.15) is 17.6 Å². The second-order valence-electron chi connectivity index (χ2n) is 7.44. The molecule has 0 radical (unpaired) electrons. The fraction of sp³-hybridized carbons (Fsp3) is 0.167. The third-order valence-corrected chi connectivity index (χ3v) is 7.01. The van der Waals surface area contributed by atoms with Crippen LogP contribution in [0.1, 0.15) is 21.9 Å². The molecule has 0 amide bonds. The predicted molar refractivity (Wildman–Crippen MR) is 129 cm³/mol. The predicted octanol–water partition coefficient (Wildman–Crippen LogP) is 5.32. The van der Waals surface area contributed by atoms with Gasteiger partial charge in [-0.15, -0.1) is 11.8 Å². The first kappa shape index (κ1) is 20.6. The number of anilines is 1. The summed E-state index contributed by atoms with van der Waals surface area (Å²) in [5, 5.41) is 18.2. The van der Waals surface area contributed by atoms with Gasteiger partial charge in [-0.05, 0) is 35.4 Å². The van der Waals surface area contributed by atoms with Gasteiger partial charge < -0.3 is 5.32 Å². The number of aromatic nitrogens is 4. The van der Waals surface area contributed by atoms with Crippen LogP contribution in [-0.2, 0) is 7.05 Å². The van der Waals surface area contributed by atoms with E-state index in [1.807, 2.05) is 59.9 Å². The normalized spacial score (nSPS) is 15.3. The summed E-state index contributed by atoms with van der Waals surface area (Å²) in [4.78, 5) is 8.71. The number of thioether (sulfide) groups is 1. The van der Waals surface area contributed by atoms with Gasteiger partial charge in [0.15, 0.2) is 0 Å². The lowest BCUT2D eigenvalue weighted by molar-refractivity contribution is 0.773. The molecule has 4 aromatic rings. The quantitative estimate of drug-likeness (QED) is 0.447. The molecule has 0 fully saturated rings. The van der Waals surface area contributed by atoms with Gasteiger partial charge in [-0.2, -0.15) is 10.4 Å². The van der Waals surface area contributed by atoms with Crippen molar-refractivity contribution >= 4 is 29.2 Å². The smallest absolute Gasteiger partial charge is 0.129 e. The van der Waals surface area contributed by atoms with E-state index in [9.17, 15) is 5.26 Å². The average molecular weight is 459 g/mol. The molecule has 8 heteroatoms. The number of nitrogens with zero attached hydrogens (tertiary/aromatic N) is 5. The molecule has 6 nitrogen and oxygen atoms in total. The van der Waals surface area contributed by atoms with E-state index in [0.29, 0.717) is 10.6 Å². The Hall–Kier alpha value is -3.34. The number of nitrogens with one attached hydrogen (secondary N) is 1. The molecule has 0 aliphatic carbocycles. The van der Waals surface area contributed by atoms with Gasteiger partial charge in [-0.3, -0.25) is 14.6 Å². The van der Waals surface area contributed by atoms with Crippen molar-refractivity contribution in [3.05, 3.63) is 82.8 Å². The zero-order valence-electron chi connectivity index (χ0n) is 17.3. The van der Waals surface area contributed by atoms with Crippen molar-refractivity contribution in [3.63, 3.8) is 0 Å². The minimum atomic E-state index is 0.0100. The van der Waals surface area contributed by atoms with Crippen LogP contribution in [0.15, 0.2) is 61.1 Å². The summed E-state index contributed by atoms with van der Waals surface area (Å²) in [6.45, 7) is 0.845.